The molecular formula is C41H68N4O7. The SMILES string of the molecule is C/C(=C\C=C\[C@@H](C)COC(=O)N1CC[C@@H](N(C)C)C1)[C@H]1OC(=O)C[C@H](C)CC[C@@](C)(O)[C@@H](OC(=O)N2CCN(C3CCCCCC3)CC2)/C=C/[C@@H]1C. The number of rotatable bonds is 8. The lowest BCUT2D eigenvalue weighted by atomic mass is 9.87. The molecule has 0 radical (unpaired) electrons. The van der Waals surface area contributed by atoms with Crippen molar-refractivity contribution in [2.75, 3.05) is 60.0 Å². The molecule has 4 aliphatic rings. The third-order valence-corrected chi connectivity index (χ3v) is 11.6. The average molecular weight is 729 g/mol. The molecule has 1 aliphatic carbocycles. The van der Waals surface area contributed by atoms with Crippen LogP contribution >= 0.6 is 0 Å². The lowest BCUT2D eigenvalue weighted by molar-refractivity contribution is -0.150. The lowest BCUT2D eigenvalue weighted by Crippen LogP contribution is -2.53. The molecule has 7 atom stereocenters. The predicted octanol–water partition coefficient (Wildman–Crippen LogP) is 6.42. The summed E-state index contributed by atoms with van der Waals surface area (Å²) < 4.78 is 17.7. The van der Waals surface area contributed by atoms with Crippen molar-refractivity contribution in [1.29, 1.82) is 0 Å². The fourth-order valence-electron chi connectivity index (χ4n) is 7.87. The van der Waals surface area contributed by atoms with Gasteiger partial charge in [-0.15, -0.1) is 0 Å². The van der Waals surface area contributed by atoms with Crippen LogP contribution in [0.1, 0.15) is 98.8 Å². The Labute approximate surface area is 313 Å². The van der Waals surface area contributed by atoms with Crippen LogP contribution in [-0.4, -0.2) is 133 Å². The first-order valence-corrected chi connectivity index (χ1v) is 20.0. The molecule has 0 unspecified atom stereocenters. The second kappa shape index (κ2) is 20.0. The summed E-state index contributed by atoms with van der Waals surface area (Å²) in [6.45, 7) is 14.2. The number of allylic oxidation sites excluding steroid dienone is 2. The molecule has 1 saturated carbocycles. The average Bonchev–Trinajstić information content (AvgIpc) is 3.46. The Bertz CT molecular complexity index is 1250. The summed E-state index contributed by atoms with van der Waals surface area (Å²) in [6, 6.07) is 0.970. The highest BCUT2D eigenvalue weighted by Gasteiger charge is 2.37. The van der Waals surface area contributed by atoms with E-state index in [2.05, 4.69) is 9.80 Å². The van der Waals surface area contributed by atoms with Gasteiger partial charge in [-0.1, -0.05) is 70.8 Å². The number of cyclic esters (lactones) is 1. The maximum atomic E-state index is 13.5. The Morgan fingerprint density at radius 3 is 2.35 bits per heavy atom. The molecule has 294 valence electrons. The van der Waals surface area contributed by atoms with Gasteiger partial charge >= 0.3 is 18.2 Å². The molecule has 0 aromatic carbocycles. The molecule has 3 aliphatic heterocycles. The van der Waals surface area contributed by atoms with Crippen LogP contribution in [0.2, 0.25) is 0 Å². The molecule has 3 fully saturated rings. The second-order valence-electron chi connectivity index (χ2n) is 16.5. The zero-order valence-electron chi connectivity index (χ0n) is 33.1. The van der Waals surface area contributed by atoms with Gasteiger partial charge in [-0.25, -0.2) is 9.59 Å². The summed E-state index contributed by atoms with van der Waals surface area (Å²) >= 11 is 0. The summed E-state index contributed by atoms with van der Waals surface area (Å²) in [5, 5.41) is 11.7. The van der Waals surface area contributed by atoms with E-state index < -0.39 is 23.9 Å². The number of likely N-dealkylation sites (N-methyl/N-ethyl adjacent to an activating group) is 1. The van der Waals surface area contributed by atoms with Gasteiger partial charge in [0.15, 0.2) is 6.10 Å². The van der Waals surface area contributed by atoms with Crippen LogP contribution in [0.25, 0.3) is 0 Å². The highest BCUT2D eigenvalue weighted by Crippen LogP contribution is 2.29. The normalized spacial score (nSPS) is 32.1. The number of ether oxygens (including phenoxy) is 3. The van der Waals surface area contributed by atoms with Crippen molar-refractivity contribution in [1.82, 2.24) is 19.6 Å². The van der Waals surface area contributed by atoms with E-state index in [0.29, 0.717) is 51.1 Å². The van der Waals surface area contributed by atoms with E-state index in [1.54, 1.807) is 22.8 Å². The first-order chi connectivity index (χ1) is 24.7. The van der Waals surface area contributed by atoms with Gasteiger partial charge in [0.2, 0.25) is 0 Å². The number of carbonyl (C=O) groups is 3. The predicted molar refractivity (Wildman–Crippen MR) is 204 cm³/mol. The van der Waals surface area contributed by atoms with Gasteiger partial charge in [-0.2, -0.15) is 0 Å². The molecule has 2 saturated heterocycles. The highest BCUT2D eigenvalue weighted by atomic mass is 16.6. The summed E-state index contributed by atoms with van der Waals surface area (Å²) in [4.78, 5) is 47.4. The molecule has 0 bridgehead atoms. The van der Waals surface area contributed by atoms with Gasteiger partial charge in [0.1, 0.15) is 11.7 Å². The Kier molecular flexibility index (Phi) is 16.1. The molecule has 3 heterocycles. The summed E-state index contributed by atoms with van der Waals surface area (Å²) in [6.07, 6.45) is 17.3. The van der Waals surface area contributed by atoms with Crippen LogP contribution in [0.5, 0.6) is 0 Å². The van der Waals surface area contributed by atoms with Gasteiger partial charge in [-0.05, 0) is 77.6 Å². The van der Waals surface area contributed by atoms with E-state index in [9.17, 15) is 19.5 Å². The first kappa shape index (κ1) is 41.9. The minimum atomic E-state index is -1.31. The van der Waals surface area contributed by atoms with Crippen LogP contribution in [0.3, 0.4) is 0 Å². The van der Waals surface area contributed by atoms with Gasteiger partial charge in [-0.3, -0.25) is 9.69 Å². The molecule has 4 rings (SSSR count). The number of esters is 1. The van der Waals surface area contributed by atoms with E-state index in [1.807, 2.05) is 66.1 Å². The number of carbonyl (C=O) groups excluding carboxylic acids is 3. The first-order valence-electron chi connectivity index (χ1n) is 20.0. The van der Waals surface area contributed by atoms with Crippen molar-refractivity contribution >= 4 is 18.2 Å². The minimum Gasteiger partial charge on any atom is -0.457 e. The largest absolute Gasteiger partial charge is 0.457 e. The topological polar surface area (TPSA) is 112 Å². The second-order valence-corrected chi connectivity index (χ2v) is 16.5. The minimum absolute atomic E-state index is 0.00487. The zero-order valence-corrected chi connectivity index (χ0v) is 33.1. The van der Waals surface area contributed by atoms with Crippen LogP contribution in [0.15, 0.2) is 36.0 Å². The van der Waals surface area contributed by atoms with E-state index in [4.69, 9.17) is 14.2 Å². The zero-order chi connectivity index (χ0) is 37.8. The fraction of sp³-hybridized carbons (Fsp3) is 0.780. The number of hydrogen-bond acceptors (Lipinski definition) is 9. The number of nitrogens with zero attached hydrogens (tertiary/aromatic N) is 4. The number of amides is 2. The monoisotopic (exact) mass is 729 g/mol. The molecule has 2 amide bonds. The Morgan fingerprint density at radius 1 is 1.00 bits per heavy atom. The molecule has 11 nitrogen and oxygen atoms in total. The van der Waals surface area contributed by atoms with Crippen LogP contribution in [0, 0.1) is 17.8 Å². The van der Waals surface area contributed by atoms with Gasteiger partial charge in [0.25, 0.3) is 0 Å². The van der Waals surface area contributed by atoms with Crippen molar-refractivity contribution in [3.63, 3.8) is 0 Å². The fourth-order valence-corrected chi connectivity index (χ4v) is 7.87. The smallest absolute Gasteiger partial charge is 0.410 e. The van der Waals surface area contributed by atoms with Gasteiger partial charge < -0.3 is 34.0 Å². The summed E-state index contributed by atoms with van der Waals surface area (Å²) in [7, 11) is 4.06. The summed E-state index contributed by atoms with van der Waals surface area (Å²) in [5.74, 6) is -0.559. The van der Waals surface area contributed by atoms with Gasteiger partial charge in [0.05, 0.1) is 6.61 Å². The number of aliphatic hydroxyl groups is 1. The highest BCUT2D eigenvalue weighted by molar-refractivity contribution is 5.70. The van der Waals surface area contributed by atoms with E-state index in [-0.39, 0.29) is 42.8 Å². The van der Waals surface area contributed by atoms with Crippen molar-refractivity contribution in [3.05, 3.63) is 36.0 Å². The molecule has 52 heavy (non-hydrogen) atoms. The van der Waals surface area contributed by atoms with Crippen molar-refractivity contribution in [2.24, 2.45) is 17.8 Å². The maximum Gasteiger partial charge on any atom is 0.410 e. The third-order valence-electron chi connectivity index (χ3n) is 11.6. The molecule has 0 spiro atoms. The van der Waals surface area contributed by atoms with Crippen LogP contribution < -0.4 is 0 Å². The molecular weight excluding hydrogens is 660 g/mol. The summed E-state index contributed by atoms with van der Waals surface area (Å²) in [5.41, 5.74) is -0.453. The van der Waals surface area contributed by atoms with Crippen molar-refractivity contribution in [2.45, 2.75) is 129 Å². The maximum absolute atomic E-state index is 13.5. The van der Waals surface area contributed by atoms with Crippen molar-refractivity contribution < 1.29 is 33.7 Å². The molecule has 0 aromatic heterocycles. The lowest BCUT2D eigenvalue weighted by Gasteiger charge is -2.40. The Hall–Kier alpha value is -2.89. The standard InChI is InChI=1S/C41H68N4O7/c1-30-19-21-41(5,49)36(51-40(48)44-25-23-43(24-26-44)34-15-10-8-9-11-16-34)18-17-33(4)38(52-37(46)27-30)32(3)14-12-13-31(2)29-50-39(47)45-22-20-35(28-45)42(6)7/h12-14,17-18,30-31,33-36,38,49H,8-11,15-16,19-29H2,1-7H3/b13-12+,18-17+,32-14+/t30-,31-,33+,35-,36+,38-,41-/m1/s1. The van der Waals surface area contributed by atoms with Crippen molar-refractivity contribution in [3.8, 4) is 0 Å². The van der Waals surface area contributed by atoms with E-state index >= 15 is 0 Å². The Balaban J connectivity index is 1.38. The van der Waals surface area contributed by atoms with Crippen LogP contribution in [-0.2, 0) is 19.0 Å². The molecule has 11 heteroatoms. The quantitative estimate of drug-likeness (QED) is 0.0996. The number of piperazine rings is 1. The number of likely N-dealkylation sites (tertiary alicyclic amines) is 1. The van der Waals surface area contributed by atoms with Gasteiger partial charge in [0, 0.05) is 69.6 Å². The van der Waals surface area contributed by atoms with Crippen LogP contribution in [0.4, 0.5) is 9.59 Å². The molecule has 0 aromatic rings. The van der Waals surface area contributed by atoms with E-state index in [0.717, 1.165) is 25.1 Å². The van der Waals surface area contributed by atoms with E-state index in [1.165, 1.54) is 38.5 Å². The Morgan fingerprint density at radius 2 is 1.69 bits per heavy atom. The third kappa shape index (κ3) is 12.6. The number of hydrogen-bond donors (Lipinski definition) is 1. The molecule has 1 N–H and O–H groups in total.